The van der Waals surface area contributed by atoms with Crippen molar-refractivity contribution < 1.29 is 28.7 Å². The molecule has 1 rings (SSSR count). The number of likely N-dealkylation sites (tertiary alicyclic amines) is 1. The average molecular weight is 516 g/mol. The van der Waals surface area contributed by atoms with Crippen molar-refractivity contribution in [2.75, 3.05) is 32.6 Å². The first-order valence-electron chi connectivity index (χ1n) is 12.5. The normalized spacial score (nSPS) is 16.8. The van der Waals surface area contributed by atoms with Crippen LogP contribution in [-0.4, -0.2) is 83.6 Å². The van der Waals surface area contributed by atoms with Gasteiger partial charge >= 0.3 is 0 Å². The van der Waals surface area contributed by atoms with Gasteiger partial charge in [-0.2, -0.15) is 0 Å². The predicted molar refractivity (Wildman–Crippen MR) is 138 cm³/mol. The SMILES string of the molecule is CCC(CC)NC(=O)CSC1CC(=O)N(CCC(=O)NCCC(C)(C)OCCC(C)(C)OC)C1=O. The number of thioether (sulfide) groups is 1. The molecule has 1 fully saturated rings. The summed E-state index contributed by atoms with van der Waals surface area (Å²) in [5.41, 5.74) is -0.644. The molecule has 0 spiro atoms. The van der Waals surface area contributed by atoms with E-state index >= 15 is 0 Å². The van der Waals surface area contributed by atoms with Crippen LogP contribution in [0.15, 0.2) is 0 Å². The Morgan fingerprint density at radius 2 is 1.74 bits per heavy atom. The van der Waals surface area contributed by atoms with E-state index in [4.69, 9.17) is 9.47 Å². The zero-order valence-corrected chi connectivity index (χ0v) is 23.3. The fourth-order valence-electron chi connectivity index (χ4n) is 3.51. The number of carbonyl (C=O) groups excluding carboxylic acids is 4. The first-order chi connectivity index (χ1) is 16.3. The van der Waals surface area contributed by atoms with Gasteiger partial charge in [0.15, 0.2) is 0 Å². The summed E-state index contributed by atoms with van der Waals surface area (Å²) >= 11 is 1.18. The molecule has 0 aromatic carbocycles. The van der Waals surface area contributed by atoms with Crippen LogP contribution in [0.2, 0.25) is 0 Å². The molecule has 202 valence electrons. The molecule has 1 aliphatic rings. The van der Waals surface area contributed by atoms with Crippen molar-refractivity contribution in [1.29, 1.82) is 0 Å². The maximum Gasteiger partial charge on any atom is 0.242 e. The number of hydrogen-bond acceptors (Lipinski definition) is 7. The van der Waals surface area contributed by atoms with E-state index in [-0.39, 0.29) is 60.4 Å². The van der Waals surface area contributed by atoms with Crippen LogP contribution in [0.1, 0.15) is 80.1 Å². The highest BCUT2D eigenvalue weighted by Crippen LogP contribution is 2.25. The summed E-state index contributed by atoms with van der Waals surface area (Å²) in [6.07, 6.45) is 3.20. The molecule has 9 nitrogen and oxygen atoms in total. The van der Waals surface area contributed by atoms with Gasteiger partial charge in [0.25, 0.3) is 0 Å². The zero-order valence-electron chi connectivity index (χ0n) is 22.5. The van der Waals surface area contributed by atoms with Gasteiger partial charge in [-0.05, 0) is 53.4 Å². The van der Waals surface area contributed by atoms with E-state index in [1.165, 1.54) is 11.8 Å². The van der Waals surface area contributed by atoms with Crippen molar-refractivity contribution >= 4 is 35.4 Å². The molecule has 1 unspecified atom stereocenters. The quantitative estimate of drug-likeness (QED) is 0.286. The number of ether oxygens (including phenoxy) is 2. The van der Waals surface area contributed by atoms with Crippen molar-refractivity contribution in [3.63, 3.8) is 0 Å². The standard InChI is InChI=1S/C25H45N3O6S/c1-8-18(9-2)27-21(30)17-35-19-16-22(31)28(23(19)32)14-10-20(29)26-13-11-25(5,6)34-15-12-24(3,4)33-7/h18-19H,8-17H2,1-7H3,(H,26,29)(H,27,30). The fraction of sp³-hybridized carbons (Fsp3) is 0.840. The Kier molecular flexibility index (Phi) is 13.3. The van der Waals surface area contributed by atoms with E-state index < -0.39 is 10.9 Å². The molecule has 2 N–H and O–H groups in total. The molecule has 0 bridgehead atoms. The fourth-order valence-corrected chi connectivity index (χ4v) is 4.47. The number of imide groups is 1. The molecular formula is C25H45N3O6S. The van der Waals surface area contributed by atoms with E-state index in [1.807, 2.05) is 41.5 Å². The number of carbonyl (C=O) groups is 4. The van der Waals surface area contributed by atoms with Gasteiger partial charge in [0.2, 0.25) is 23.6 Å². The second-order valence-electron chi connectivity index (χ2n) is 10.1. The second-order valence-corrected chi connectivity index (χ2v) is 11.3. The summed E-state index contributed by atoms with van der Waals surface area (Å²) in [7, 11) is 1.68. The molecule has 35 heavy (non-hydrogen) atoms. The Morgan fingerprint density at radius 3 is 2.34 bits per heavy atom. The number of nitrogens with zero attached hydrogens (tertiary/aromatic N) is 1. The molecule has 0 radical (unpaired) electrons. The van der Waals surface area contributed by atoms with Gasteiger partial charge in [-0.3, -0.25) is 24.1 Å². The van der Waals surface area contributed by atoms with Crippen LogP contribution in [0, 0.1) is 0 Å². The van der Waals surface area contributed by atoms with Crippen LogP contribution in [0.4, 0.5) is 0 Å². The Labute approximate surface area is 214 Å². The molecule has 1 saturated heterocycles. The summed E-state index contributed by atoms with van der Waals surface area (Å²) in [4.78, 5) is 50.4. The molecule has 0 aromatic heterocycles. The summed E-state index contributed by atoms with van der Waals surface area (Å²) < 4.78 is 11.3. The number of amides is 4. The minimum atomic E-state index is -0.570. The Balaban J connectivity index is 2.34. The molecule has 1 aliphatic heterocycles. The molecule has 10 heteroatoms. The first-order valence-corrected chi connectivity index (χ1v) is 13.6. The minimum Gasteiger partial charge on any atom is -0.379 e. The van der Waals surface area contributed by atoms with Crippen LogP contribution < -0.4 is 10.6 Å². The van der Waals surface area contributed by atoms with E-state index in [0.717, 1.165) is 24.2 Å². The average Bonchev–Trinajstić information content (AvgIpc) is 3.06. The van der Waals surface area contributed by atoms with Gasteiger partial charge in [-0.1, -0.05) is 13.8 Å². The van der Waals surface area contributed by atoms with Crippen LogP contribution in [0.5, 0.6) is 0 Å². The third kappa shape index (κ3) is 11.8. The summed E-state index contributed by atoms with van der Waals surface area (Å²) in [6.45, 7) is 13.0. The Bertz CT molecular complexity index is 724. The minimum absolute atomic E-state index is 0.0481. The van der Waals surface area contributed by atoms with E-state index in [2.05, 4.69) is 10.6 Å². The van der Waals surface area contributed by atoms with Crippen LogP contribution >= 0.6 is 11.8 Å². The summed E-state index contributed by atoms with van der Waals surface area (Å²) in [6, 6.07) is 0.124. The number of rotatable bonds is 17. The Hall–Kier alpha value is -1.65. The molecule has 1 heterocycles. The molecule has 0 aromatic rings. The van der Waals surface area contributed by atoms with Crippen molar-refractivity contribution in [3.8, 4) is 0 Å². The van der Waals surface area contributed by atoms with Crippen molar-refractivity contribution in [2.24, 2.45) is 0 Å². The lowest BCUT2D eigenvalue weighted by molar-refractivity contribution is -0.138. The second kappa shape index (κ2) is 14.8. The lowest BCUT2D eigenvalue weighted by Crippen LogP contribution is -2.38. The Morgan fingerprint density at radius 1 is 1.09 bits per heavy atom. The van der Waals surface area contributed by atoms with Crippen LogP contribution in [0.25, 0.3) is 0 Å². The molecule has 0 aliphatic carbocycles. The zero-order chi connectivity index (χ0) is 26.6. The summed E-state index contributed by atoms with van der Waals surface area (Å²) in [5.74, 6) is -0.834. The monoisotopic (exact) mass is 515 g/mol. The topological polar surface area (TPSA) is 114 Å². The number of methoxy groups -OCH3 is 1. The number of nitrogens with one attached hydrogen (secondary N) is 2. The molecule has 1 atom stereocenters. The maximum atomic E-state index is 12.6. The molecule has 4 amide bonds. The van der Waals surface area contributed by atoms with Crippen LogP contribution in [-0.2, 0) is 28.7 Å². The van der Waals surface area contributed by atoms with E-state index in [0.29, 0.717) is 19.6 Å². The molecular weight excluding hydrogens is 470 g/mol. The van der Waals surface area contributed by atoms with E-state index in [1.54, 1.807) is 7.11 Å². The third-order valence-electron chi connectivity index (χ3n) is 6.33. The van der Waals surface area contributed by atoms with Crippen molar-refractivity contribution in [2.45, 2.75) is 103 Å². The van der Waals surface area contributed by atoms with E-state index in [9.17, 15) is 19.2 Å². The van der Waals surface area contributed by atoms with Crippen LogP contribution in [0.3, 0.4) is 0 Å². The van der Waals surface area contributed by atoms with Gasteiger partial charge in [0.05, 0.1) is 28.8 Å². The molecule has 0 saturated carbocycles. The highest BCUT2D eigenvalue weighted by Gasteiger charge is 2.39. The first kappa shape index (κ1) is 31.4. The highest BCUT2D eigenvalue weighted by molar-refractivity contribution is 8.01. The van der Waals surface area contributed by atoms with Gasteiger partial charge in [0.1, 0.15) is 0 Å². The highest BCUT2D eigenvalue weighted by atomic mass is 32.2. The van der Waals surface area contributed by atoms with Gasteiger partial charge < -0.3 is 20.1 Å². The third-order valence-corrected chi connectivity index (χ3v) is 7.53. The van der Waals surface area contributed by atoms with Gasteiger partial charge in [-0.25, -0.2) is 0 Å². The van der Waals surface area contributed by atoms with Crippen molar-refractivity contribution in [1.82, 2.24) is 15.5 Å². The maximum absolute atomic E-state index is 12.6. The van der Waals surface area contributed by atoms with Gasteiger partial charge in [-0.15, -0.1) is 11.8 Å². The lowest BCUT2D eigenvalue weighted by atomic mass is 10.0. The number of hydrogen-bond donors (Lipinski definition) is 2. The summed E-state index contributed by atoms with van der Waals surface area (Å²) in [5, 5.41) is 5.20. The van der Waals surface area contributed by atoms with Gasteiger partial charge in [0, 0.05) is 39.1 Å². The smallest absolute Gasteiger partial charge is 0.242 e. The predicted octanol–water partition coefficient (Wildman–Crippen LogP) is 2.66. The largest absolute Gasteiger partial charge is 0.379 e. The lowest BCUT2D eigenvalue weighted by Gasteiger charge is -2.29. The van der Waals surface area contributed by atoms with Crippen molar-refractivity contribution in [3.05, 3.63) is 0 Å².